The quantitative estimate of drug-likeness (QED) is 0.628. The molecule has 0 unspecified atom stereocenters. The molecule has 20 heavy (non-hydrogen) atoms. The fraction of sp³-hybridized carbons (Fsp3) is 0.500. The Morgan fingerprint density at radius 3 is 2.65 bits per heavy atom. The molecule has 0 aromatic carbocycles. The van der Waals surface area contributed by atoms with Crippen LogP contribution >= 0.6 is 0 Å². The van der Waals surface area contributed by atoms with Gasteiger partial charge in [-0.2, -0.15) is 0 Å². The molecule has 2 heterocycles. The van der Waals surface area contributed by atoms with Gasteiger partial charge in [-0.25, -0.2) is 4.98 Å². The Bertz CT molecular complexity index is 526. The number of nitro groups is 1. The van der Waals surface area contributed by atoms with E-state index in [1.54, 1.807) is 0 Å². The van der Waals surface area contributed by atoms with Crippen LogP contribution in [0.15, 0.2) is 12.3 Å². The zero-order chi connectivity index (χ0) is 14.7. The Balaban J connectivity index is 2.26. The SMILES string of the molecule is CN1CCN(c2cc(CC(=O)O)c([N+](=O)[O-])cn2)CC1. The lowest BCUT2D eigenvalue weighted by atomic mass is 10.1. The predicted molar refractivity (Wildman–Crippen MR) is 71.9 cm³/mol. The number of pyridine rings is 1. The minimum atomic E-state index is -1.09. The fourth-order valence-electron chi connectivity index (χ4n) is 2.15. The molecule has 1 aliphatic rings. The molecule has 1 aliphatic heterocycles. The van der Waals surface area contributed by atoms with Crippen molar-refractivity contribution >= 4 is 17.5 Å². The number of rotatable bonds is 4. The Hall–Kier alpha value is -2.22. The van der Waals surface area contributed by atoms with Crippen molar-refractivity contribution in [2.45, 2.75) is 6.42 Å². The minimum absolute atomic E-state index is 0.187. The molecule has 0 saturated carbocycles. The van der Waals surface area contributed by atoms with Crippen LogP contribution in [0.2, 0.25) is 0 Å². The van der Waals surface area contributed by atoms with Gasteiger partial charge in [-0.3, -0.25) is 14.9 Å². The number of hydrogen-bond acceptors (Lipinski definition) is 6. The van der Waals surface area contributed by atoms with Gasteiger partial charge in [0.15, 0.2) is 0 Å². The summed E-state index contributed by atoms with van der Waals surface area (Å²) in [5.74, 6) is -0.497. The first-order valence-electron chi connectivity index (χ1n) is 6.26. The van der Waals surface area contributed by atoms with Crippen molar-refractivity contribution < 1.29 is 14.8 Å². The maximum absolute atomic E-state index is 10.9. The largest absolute Gasteiger partial charge is 0.481 e. The molecule has 1 saturated heterocycles. The van der Waals surface area contributed by atoms with Gasteiger partial charge in [0.05, 0.1) is 11.3 Å². The monoisotopic (exact) mass is 280 g/mol. The number of carboxylic acid groups (broad SMARTS) is 1. The summed E-state index contributed by atoms with van der Waals surface area (Å²) in [5, 5.41) is 19.7. The maximum Gasteiger partial charge on any atom is 0.308 e. The highest BCUT2D eigenvalue weighted by Crippen LogP contribution is 2.23. The van der Waals surface area contributed by atoms with Gasteiger partial charge < -0.3 is 14.9 Å². The first kappa shape index (κ1) is 14.2. The highest BCUT2D eigenvalue weighted by Gasteiger charge is 2.21. The lowest BCUT2D eigenvalue weighted by Gasteiger charge is -2.33. The van der Waals surface area contributed by atoms with E-state index < -0.39 is 10.9 Å². The van der Waals surface area contributed by atoms with Crippen LogP contribution in [0.1, 0.15) is 5.56 Å². The van der Waals surface area contributed by atoms with Gasteiger partial charge in [-0.15, -0.1) is 0 Å². The van der Waals surface area contributed by atoms with Crippen LogP contribution in [0.25, 0.3) is 0 Å². The number of likely N-dealkylation sites (N-methyl/N-ethyl adjacent to an activating group) is 1. The Morgan fingerprint density at radius 1 is 1.45 bits per heavy atom. The van der Waals surface area contributed by atoms with E-state index in [9.17, 15) is 14.9 Å². The summed E-state index contributed by atoms with van der Waals surface area (Å²) >= 11 is 0. The number of carbonyl (C=O) groups is 1. The lowest BCUT2D eigenvalue weighted by molar-refractivity contribution is -0.385. The van der Waals surface area contributed by atoms with E-state index in [-0.39, 0.29) is 17.7 Å². The van der Waals surface area contributed by atoms with Crippen molar-refractivity contribution in [3.63, 3.8) is 0 Å². The number of nitrogens with zero attached hydrogens (tertiary/aromatic N) is 4. The molecule has 1 fully saturated rings. The summed E-state index contributed by atoms with van der Waals surface area (Å²) in [4.78, 5) is 29.4. The van der Waals surface area contributed by atoms with Crippen molar-refractivity contribution in [1.82, 2.24) is 9.88 Å². The van der Waals surface area contributed by atoms with Crippen LogP contribution in [0.5, 0.6) is 0 Å². The summed E-state index contributed by atoms with van der Waals surface area (Å²) in [5.41, 5.74) is -0.0586. The molecule has 0 atom stereocenters. The minimum Gasteiger partial charge on any atom is -0.481 e. The van der Waals surface area contributed by atoms with Crippen LogP contribution in [-0.4, -0.2) is 59.1 Å². The van der Waals surface area contributed by atoms with E-state index in [1.165, 1.54) is 6.07 Å². The van der Waals surface area contributed by atoms with Crippen molar-refractivity contribution in [3.8, 4) is 0 Å². The smallest absolute Gasteiger partial charge is 0.308 e. The van der Waals surface area contributed by atoms with E-state index in [0.717, 1.165) is 32.4 Å². The molecular weight excluding hydrogens is 264 g/mol. The molecule has 0 spiro atoms. The Kier molecular flexibility index (Phi) is 4.14. The topological polar surface area (TPSA) is 99.8 Å². The van der Waals surface area contributed by atoms with E-state index in [4.69, 9.17) is 5.11 Å². The Labute approximate surface area is 115 Å². The van der Waals surface area contributed by atoms with Gasteiger partial charge in [0.25, 0.3) is 5.69 Å². The number of piperazine rings is 1. The van der Waals surface area contributed by atoms with Crippen LogP contribution < -0.4 is 4.90 Å². The number of aromatic nitrogens is 1. The third kappa shape index (κ3) is 3.21. The van der Waals surface area contributed by atoms with Gasteiger partial charge in [-0.1, -0.05) is 0 Å². The zero-order valence-corrected chi connectivity index (χ0v) is 11.2. The predicted octanol–water partition coefficient (Wildman–Crippen LogP) is 0.369. The average molecular weight is 280 g/mol. The summed E-state index contributed by atoms with van der Waals surface area (Å²) in [6.45, 7) is 3.31. The third-order valence-electron chi connectivity index (χ3n) is 3.32. The average Bonchev–Trinajstić information content (AvgIpc) is 2.38. The van der Waals surface area contributed by atoms with Crippen LogP contribution in [-0.2, 0) is 11.2 Å². The number of anilines is 1. The van der Waals surface area contributed by atoms with Gasteiger partial charge in [0, 0.05) is 31.7 Å². The normalized spacial score (nSPS) is 16.1. The van der Waals surface area contributed by atoms with Crippen molar-refractivity contribution in [2.75, 3.05) is 38.1 Å². The van der Waals surface area contributed by atoms with Crippen molar-refractivity contribution in [2.24, 2.45) is 0 Å². The highest BCUT2D eigenvalue weighted by molar-refractivity contribution is 5.72. The zero-order valence-electron chi connectivity index (χ0n) is 11.2. The second-order valence-electron chi connectivity index (χ2n) is 4.79. The fourth-order valence-corrected chi connectivity index (χ4v) is 2.15. The van der Waals surface area contributed by atoms with Crippen LogP contribution in [0.3, 0.4) is 0 Å². The van der Waals surface area contributed by atoms with Crippen molar-refractivity contribution in [1.29, 1.82) is 0 Å². The van der Waals surface area contributed by atoms with E-state index >= 15 is 0 Å². The molecule has 0 amide bonds. The van der Waals surface area contributed by atoms with Gasteiger partial charge in [-0.05, 0) is 13.1 Å². The van der Waals surface area contributed by atoms with E-state index in [0.29, 0.717) is 5.82 Å². The number of aliphatic carboxylic acids is 1. The standard InChI is InChI=1S/C12H16N4O4/c1-14-2-4-15(5-3-14)11-6-9(7-12(17)18)10(8-13-11)16(19)20/h6,8H,2-5,7H2,1H3,(H,17,18). The summed E-state index contributed by atoms with van der Waals surface area (Å²) in [6.07, 6.45) is 0.769. The Morgan fingerprint density at radius 2 is 2.10 bits per heavy atom. The number of hydrogen-bond donors (Lipinski definition) is 1. The number of carboxylic acids is 1. The van der Waals surface area contributed by atoms with Crippen molar-refractivity contribution in [3.05, 3.63) is 27.9 Å². The maximum atomic E-state index is 10.9. The van der Waals surface area contributed by atoms with Gasteiger partial charge in [0.1, 0.15) is 12.0 Å². The second-order valence-corrected chi connectivity index (χ2v) is 4.79. The molecule has 1 N–H and O–H groups in total. The van der Waals surface area contributed by atoms with Gasteiger partial charge in [0.2, 0.25) is 0 Å². The second kappa shape index (κ2) is 5.83. The summed E-state index contributed by atoms with van der Waals surface area (Å²) in [7, 11) is 2.02. The summed E-state index contributed by atoms with van der Waals surface area (Å²) < 4.78 is 0. The molecule has 108 valence electrons. The third-order valence-corrected chi connectivity index (χ3v) is 3.32. The molecule has 1 aromatic rings. The molecule has 0 radical (unpaired) electrons. The first-order chi connectivity index (χ1) is 9.47. The molecule has 8 heteroatoms. The molecule has 2 rings (SSSR count). The summed E-state index contributed by atoms with van der Waals surface area (Å²) in [6, 6.07) is 1.51. The molecule has 0 aliphatic carbocycles. The lowest BCUT2D eigenvalue weighted by Crippen LogP contribution is -2.44. The van der Waals surface area contributed by atoms with E-state index in [1.807, 2.05) is 11.9 Å². The first-order valence-corrected chi connectivity index (χ1v) is 6.26. The van der Waals surface area contributed by atoms with Gasteiger partial charge >= 0.3 is 5.97 Å². The molecule has 8 nitrogen and oxygen atoms in total. The molecule has 0 bridgehead atoms. The van der Waals surface area contributed by atoms with Crippen LogP contribution in [0, 0.1) is 10.1 Å². The van der Waals surface area contributed by atoms with E-state index in [2.05, 4.69) is 9.88 Å². The van der Waals surface area contributed by atoms with Crippen LogP contribution in [0.4, 0.5) is 11.5 Å². The molecular formula is C12H16N4O4. The molecule has 1 aromatic heterocycles. The highest BCUT2D eigenvalue weighted by atomic mass is 16.6.